The van der Waals surface area contributed by atoms with Crippen LogP contribution in [0.5, 0.6) is 0 Å². The van der Waals surface area contributed by atoms with Crippen molar-refractivity contribution >= 4 is 188 Å². The largest absolute Gasteiger partial charge is 0.445 e. The van der Waals surface area contributed by atoms with Crippen molar-refractivity contribution in [3.05, 3.63) is 0 Å². The fourth-order valence-corrected chi connectivity index (χ4v) is 45.6. The molecule has 0 heterocycles. The summed E-state index contributed by atoms with van der Waals surface area (Å²) in [7, 11) is -9.30. The molecule has 0 radical (unpaired) electrons. The van der Waals surface area contributed by atoms with Crippen molar-refractivity contribution in [2.75, 3.05) is 19.8 Å². The number of rotatable bonds is 42. The molecule has 0 aromatic heterocycles. The third-order valence-electron chi connectivity index (χ3n) is 11.2. The van der Waals surface area contributed by atoms with Crippen molar-refractivity contribution in [2.45, 2.75) is 282 Å². The highest BCUT2D eigenvalue weighted by molar-refractivity contribution is 6.84. The number of ether oxygens (including phenoxy) is 3. The first-order valence-electron chi connectivity index (χ1n) is 32.6. The van der Waals surface area contributed by atoms with E-state index in [4.69, 9.17) is 37.0 Å². The van der Waals surface area contributed by atoms with E-state index in [9.17, 15) is 26.3 Å². The lowest BCUT2D eigenvalue weighted by Crippen LogP contribution is -2.51. The number of hydrogen-bond acceptors (Lipinski definition) is 12. The van der Waals surface area contributed by atoms with Gasteiger partial charge in [-0.3, -0.25) is 0 Å². The van der Waals surface area contributed by atoms with Crippen LogP contribution < -0.4 is 0 Å². The molecule has 524 valence electrons. The van der Waals surface area contributed by atoms with E-state index in [0.29, 0.717) is 19.3 Å². The summed E-state index contributed by atoms with van der Waals surface area (Å²) < 4.78 is 143. The third-order valence-corrected chi connectivity index (χ3v) is 54.7. The summed E-state index contributed by atoms with van der Waals surface area (Å²) in [5.41, 5.74) is 0. The standard InChI is InChI=1S/C10H24F2OSi2.C8H20F2OSi2.C8H26O3Si4.C6H16F2OSi2.C6H22O3Si4.C5H16Si2.C4H18O3Si4/c1-14(2)8-5-6-10(11,12)13-7-9-15(3)4;1-12-6-3-4-8(9,10)11-5-7-13-2;1-12(2)9-14(5,6)11-15(7,8)10-13(3)4;7-6(8,2-1-4-10)9-3-5-11;1-10-7-12(3,4)9-13(5,6)8-11-2;6-4-2-1-3-5-7;1-10(2,5-8)7-11(3,4)6-9/h14-15H,5-9H2,1-4H3;3-7,12-13H2,1-2H3;12-13H,1-8H3;1-5H2,10-11H3;10-11H2,1-6H3;1-5H2,6-7H3;1-4,8-9H3. The predicted molar refractivity (Wildman–Crippen MR) is 420 cm³/mol. The van der Waals surface area contributed by atoms with Gasteiger partial charge in [-0.25, -0.2) is 0 Å². The molecular weight excluding hydrogens is 1430 g/mol. The van der Waals surface area contributed by atoms with E-state index < -0.39 is 105 Å². The SMILES string of the molecule is C[SiH2]CCCC(F)(F)OCC[SiH2]C.C[SiH2]O[Si](C)(C)O[Si](C)(C)O[SiH2]C.C[SiH](C)CCCC(F)(F)OCC[SiH](C)C.C[SiH](C)O[Si](C)(C)O[Si](C)(C)O[SiH](C)C.C[Si](C)(O[SiH3])O[Si](C)(C)O[SiH3].FC(F)(CCC[SiH3])OCC[SiH3].[SiH3]CCCCC[SiH3]. The van der Waals surface area contributed by atoms with Crippen molar-refractivity contribution in [1.29, 1.82) is 0 Å². The molecule has 0 aliphatic carbocycles. The van der Waals surface area contributed by atoms with E-state index in [2.05, 4.69) is 171 Å². The Kier molecular flexibility index (Phi) is 70.5. The molecule has 0 N–H and O–H groups in total. The summed E-state index contributed by atoms with van der Waals surface area (Å²) >= 11 is 0. The van der Waals surface area contributed by atoms with Gasteiger partial charge in [-0.05, 0) is 142 Å². The topological polar surface area (TPSA) is 111 Å². The Morgan fingerprint density at radius 3 is 1.02 bits per heavy atom. The summed E-state index contributed by atoms with van der Waals surface area (Å²) in [6.07, 6.45) is -2.52. The maximum atomic E-state index is 13.1. The third kappa shape index (κ3) is 87.4. The Hall–Kier alpha value is 3.44. The number of alkyl halides is 6. The van der Waals surface area contributed by atoms with E-state index in [1.54, 1.807) is 0 Å². The summed E-state index contributed by atoms with van der Waals surface area (Å²) in [4.78, 5) is 0. The summed E-state index contributed by atoms with van der Waals surface area (Å²) in [5, 5.41) is 0. The van der Waals surface area contributed by atoms with Crippen LogP contribution in [0.25, 0.3) is 0 Å². The van der Waals surface area contributed by atoms with Crippen molar-refractivity contribution in [2.24, 2.45) is 0 Å². The number of halogens is 6. The summed E-state index contributed by atoms with van der Waals surface area (Å²) in [6, 6.07) is 8.44. The van der Waals surface area contributed by atoms with Gasteiger partial charge in [0.2, 0.25) is 0 Å². The molecule has 0 unspecified atom stereocenters. The minimum atomic E-state index is -2.88. The zero-order valence-electron chi connectivity index (χ0n) is 60.9. The van der Waals surface area contributed by atoms with E-state index in [1.807, 2.05) is 0 Å². The van der Waals surface area contributed by atoms with Gasteiger partial charge in [-0.15, -0.1) is 0 Å². The Bertz CT molecular complexity index is 1360. The van der Waals surface area contributed by atoms with Crippen molar-refractivity contribution in [3.63, 3.8) is 0 Å². The molecule has 0 saturated heterocycles. The molecular formula is C47H142F6O12Si20. The van der Waals surface area contributed by atoms with Gasteiger partial charge < -0.3 is 51.2 Å². The van der Waals surface area contributed by atoms with Crippen molar-refractivity contribution in [1.82, 2.24) is 0 Å². The highest BCUT2D eigenvalue weighted by Gasteiger charge is 2.38. The maximum absolute atomic E-state index is 13.1. The lowest BCUT2D eigenvalue weighted by atomic mass is 10.3. The van der Waals surface area contributed by atoms with Crippen LogP contribution in [-0.2, 0) is 51.2 Å². The second kappa shape index (κ2) is 58.8. The molecule has 0 fully saturated rings. The first-order chi connectivity index (χ1) is 38.7. The van der Waals surface area contributed by atoms with E-state index in [0.717, 1.165) is 77.7 Å². The molecule has 0 rings (SSSR count). The van der Waals surface area contributed by atoms with Crippen LogP contribution in [0, 0.1) is 0 Å². The molecule has 38 heteroatoms. The molecule has 85 heavy (non-hydrogen) atoms. The minimum absolute atomic E-state index is 0.0605. The normalized spacial score (nSPS) is 13.5. The highest BCUT2D eigenvalue weighted by atomic mass is 28.5. The van der Waals surface area contributed by atoms with Crippen LogP contribution in [-0.4, -0.2) is 226 Å². The van der Waals surface area contributed by atoms with Gasteiger partial charge in [0.05, 0.1) is 13.2 Å². The second-order valence-corrected chi connectivity index (χ2v) is 71.4. The van der Waals surface area contributed by atoms with Gasteiger partial charge >= 0.3 is 69.7 Å². The molecule has 0 spiro atoms. The van der Waals surface area contributed by atoms with Gasteiger partial charge in [0.15, 0.2) is 18.1 Å². The van der Waals surface area contributed by atoms with Crippen molar-refractivity contribution < 1.29 is 77.6 Å². The van der Waals surface area contributed by atoms with Gasteiger partial charge in [-0.1, -0.05) is 102 Å². The van der Waals surface area contributed by atoms with E-state index >= 15 is 0 Å². The average molecular weight is 1580 g/mol. The van der Waals surface area contributed by atoms with Crippen LogP contribution in [0.2, 0.25) is 205 Å². The Morgan fingerprint density at radius 2 is 0.706 bits per heavy atom. The second-order valence-electron chi connectivity index (χ2n) is 25.2. The molecule has 12 nitrogen and oxygen atoms in total. The average Bonchev–Trinajstić information content (AvgIpc) is 3.32. The fourth-order valence-electron chi connectivity index (χ4n) is 7.43. The lowest BCUT2D eigenvalue weighted by molar-refractivity contribution is -0.240. The van der Waals surface area contributed by atoms with Gasteiger partial charge in [0.25, 0.3) is 0 Å². The molecule has 0 amide bonds. The predicted octanol–water partition coefficient (Wildman–Crippen LogP) is 6.77. The first kappa shape index (κ1) is 102. The molecule has 0 saturated carbocycles. The Balaban J connectivity index is -0.000000169. The summed E-state index contributed by atoms with van der Waals surface area (Å²) in [6.45, 7) is 51.8. The van der Waals surface area contributed by atoms with Crippen molar-refractivity contribution in [3.8, 4) is 0 Å². The Labute approximate surface area is 562 Å². The molecule has 0 aliphatic heterocycles. The fraction of sp³-hybridized carbons (Fsp3) is 1.00. The van der Waals surface area contributed by atoms with Gasteiger partial charge in [0, 0.05) is 103 Å². The van der Waals surface area contributed by atoms with Crippen LogP contribution in [0.1, 0.15) is 57.8 Å². The van der Waals surface area contributed by atoms with Crippen LogP contribution in [0.4, 0.5) is 26.3 Å². The smallest absolute Gasteiger partial charge is 0.355 e. The van der Waals surface area contributed by atoms with Crippen LogP contribution in [0.15, 0.2) is 0 Å². The van der Waals surface area contributed by atoms with Gasteiger partial charge in [0.1, 0.15) is 40.5 Å². The molecule has 0 aliphatic rings. The molecule has 0 bridgehead atoms. The summed E-state index contributed by atoms with van der Waals surface area (Å²) in [5.74, 6) is 0. The first-order valence-corrected chi connectivity index (χ1v) is 77.4. The van der Waals surface area contributed by atoms with Gasteiger partial charge in [-0.2, -0.15) is 26.3 Å². The number of unbranched alkanes of at least 4 members (excludes halogenated alkanes) is 2. The highest BCUT2D eigenvalue weighted by Crippen LogP contribution is 2.26. The van der Waals surface area contributed by atoms with E-state index in [-0.39, 0.29) is 77.6 Å². The van der Waals surface area contributed by atoms with E-state index in [1.165, 1.54) is 51.8 Å². The Morgan fingerprint density at radius 1 is 0.376 bits per heavy atom. The monoisotopic (exact) mass is 1570 g/mol. The lowest BCUT2D eigenvalue weighted by Gasteiger charge is -2.35. The van der Waals surface area contributed by atoms with Crippen LogP contribution >= 0.6 is 0 Å². The molecule has 0 atom stereocenters. The quantitative estimate of drug-likeness (QED) is 0.0366. The zero-order valence-corrected chi connectivity index (χ0v) is 89.2. The number of hydrogen-bond donors (Lipinski definition) is 0. The molecule has 0 aromatic rings. The van der Waals surface area contributed by atoms with Crippen LogP contribution in [0.3, 0.4) is 0 Å². The maximum Gasteiger partial charge on any atom is 0.355 e. The minimum Gasteiger partial charge on any atom is -0.445 e. The molecule has 0 aromatic carbocycles. The zero-order chi connectivity index (χ0) is 68.3.